The van der Waals surface area contributed by atoms with Crippen LogP contribution < -0.4 is 10.6 Å². The third kappa shape index (κ3) is 10.2. The number of hydrogen-bond acceptors (Lipinski definition) is 8. The summed E-state index contributed by atoms with van der Waals surface area (Å²) in [7, 11) is 1.63. The van der Waals surface area contributed by atoms with Crippen molar-refractivity contribution in [3.63, 3.8) is 0 Å². The fourth-order valence-electron chi connectivity index (χ4n) is 8.22. The molecule has 1 aliphatic heterocycles. The predicted octanol–water partition coefficient (Wildman–Crippen LogP) is 7.42. The van der Waals surface area contributed by atoms with Gasteiger partial charge in [0.1, 0.15) is 23.9 Å². The van der Waals surface area contributed by atoms with Crippen molar-refractivity contribution in [3.8, 4) is 0 Å². The van der Waals surface area contributed by atoms with Gasteiger partial charge < -0.3 is 34.2 Å². The quantitative estimate of drug-likeness (QED) is 0.162. The molecule has 0 radical (unpaired) electrons. The monoisotopic (exact) mass is 713 g/mol. The molecule has 3 fully saturated rings. The van der Waals surface area contributed by atoms with E-state index in [-0.39, 0.29) is 41.9 Å². The molecule has 3 amide bonds. The molecule has 11 nitrogen and oxygen atoms in total. The number of hydrogen-bond donors (Lipinski definition) is 2. The SMILES string of the molecule is COCCCCOC(=O)c1cc2cc(NC(=O)[C@@H]3[C@H](C4CCCCC4)CCN3C(=O)[C@H]3CC[C@H]([C@@H](CF)NC(=O)OC(C)(C)C)CC3)ccc2o1. The number of ether oxygens (including phenoxy) is 3. The maximum absolute atomic E-state index is 14.2. The molecule has 1 aromatic heterocycles. The lowest BCUT2D eigenvalue weighted by atomic mass is 9.76. The first kappa shape index (κ1) is 38.6. The highest BCUT2D eigenvalue weighted by atomic mass is 19.1. The summed E-state index contributed by atoms with van der Waals surface area (Å²) in [5.41, 5.74) is 0.382. The van der Waals surface area contributed by atoms with Gasteiger partial charge in [-0.25, -0.2) is 14.0 Å². The van der Waals surface area contributed by atoms with Crippen LogP contribution in [0, 0.1) is 23.7 Å². The highest BCUT2D eigenvalue weighted by molar-refractivity contribution is 6.00. The van der Waals surface area contributed by atoms with Crippen molar-refractivity contribution < 1.29 is 42.2 Å². The molecule has 282 valence electrons. The van der Waals surface area contributed by atoms with Gasteiger partial charge >= 0.3 is 12.1 Å². The van der Waals surface area contributed by atoms with Gasteiger partial charge in [0, 0.05) is 37.3 Å². The second kappa shape index (κ2) is 17.7. The van der Waals surface area contributed by atoms with Gasteiger partial charge in [-0.05, 0) is 108 Å². The van der Waals surface area contributed by atoms with E-state index in [1.54, 1.807) is 52.1 Å². The first-order valence-corrected chi connectivity index (χ1v) is 18.8. The minimum absolute atomic E-state index is 0.0144. The fourth-order valence-corrected chi connectivity index (χ4v) is 8.22. The fraction of sp³-hybridized carbons (Fsp3) is 0.692. The van der Waals surface area contributed by atoms with Crippen molar-refractivity contribution in [2.24, 2.45) is 23.7 Å². The number of methoxy groups -OCH3 is 1. The summed E-state index contributed by atoms with van der Waals surface area (Å²) in [5, 5.41) is 6.45. The van der Waals surface area contributed by atoms with E-state index in [1.807, 2.05) is 4.90 Å². The molecular formula is C39H56FN3O8. The molecule has 2 aromatic rings. The Bertz CT molecular complexity index is 1490. The summed E-state index contributed by atoms with van der Waals surface area (Å²) in [4.78, 5) is 55.1. The number of alkyl halides is 1. The van der Waals surface area contributed by atoms with Crippen LogP contribution in [0.2, 0.25) is 0 Å². The molecule has 1 aromatic carbocycles. The maximum Gasteiger partial charge on any atom is 0.407 e. The average Bonchev–Trinajstić information content (AvgIpc) is 3.75. The summed E-state index contributed by atoms with van der Waals surface area (Å²) in [5.74, 6) is -0.572. The number of nitrogens with one attached hydrogen (secondary N) is 2. The van der Waals surface area contributed by atoms with E-state index in [0.29, 0.717) is 67.8 Å². The molecule has 3 atom stereocenters. The number of rotatable bonds is 13. The number of carbonyl (C=O) groups is 4. The highest BCUT2D eigenvalue weighted by Crippen LogP contribution is 2.41. The largest absolute Gasteiger partial charge is 0.460 e. The topological polar surface area (TPSA) is 136 Å². The minimum Gasteiger partial charge on any atom is -0.460 e. The van der Waals surface area contributed by atoms with Crippen molar-refractivity contribution in [2.75, 3.05) is 38.9 Å². The van der Waals surface area contributed by atoms with Crippen molar-refractivity contribution in [1.82, 2.24) is 10.2 Å². The number of amides is 3. The van der Waals surface area contributed by atoms with Gasteiger partial charge in [0.2, 0.25) is 17.6 Å². The Morgan fingerprint density at radius 2 is 1.69 bits per heavy atom. The van der Waals surface area contributed by atoms with Gasteiger partial charge in [-0.2, -0.15) is 0 Å². The van der Waals surface area contributed by atoms with Gasteiger partial charge in [0.25, 0.3) is 0 Å². The van der Waals surface area contributed by atoms with E-state index in [1.165, 1.54) is 6.42 Å². The Labute approximate surface area is 300 Å². The van der Waals surface area contributed by atoms with Crippen LogP contribution in [0.15, 0.2) is 28.7 Å². The molecule has 2 heterocycles. The number of benzene rings is 1. The van der Waals surface area contributed by atoms with Crippen LogP contribution in [0.5, 0.6) is 0 Å². The van der Waals surface area contributed by atoms with Crippen LogP contribution in [-0.4, -0.2) is 80.0 Å². The van der Waals surface area contributed by atoms with E-state index in [0.717, 1.165) is 38.5 Å². The molecule has 0 spiro atoms. The van der Waals surface area contributed by atoms with Crippen LogP contribution in [0.4, 0.5) is 14.9 Å². The first-order valence-electron chi connectivity index (χ1n) is 18.8. The number of halogens is 1. The summed E-state index contributed by atoms with van der Waals surface area (Å²) >= 11 is 0. The molecule has 3 aliphatic rings. The maximum atomic E-state index is 14.2. The number of alkyl carbamates (subject to hydrolysis) is 1. The predicted molar refractivity (Wildman–Crippen MR) is 191 cm³/mol. The Balaban J connectivity index is 1.24. The molecule has 1 saturated heterocycles. The number of carbonyl (C=O) groups excluding carboxylic acids is 4. The van der Waals surface area contributed by atoms with E-state index in [2.05, 4.69) is 10.6 Å². The van der Waals surface area contributed by atoms with Crippen molar-refractivity contribution in [3.05, 3.63) is 30.0 Å². The molecule has 2 saturated carbocycles. The second-order valence-electron chi connectivity index (χ2n) is 15.5. The number of esters is 1. The highest BCUT2D eigenvalue weighted by Gasteiger charge is 2.47. The zero-order valence-corrected chi connectivity index (χ0v) is 30.7. The normalized spacial score (nSPS) is 23.5. The molecule has 5 rings (SSSR count). The van der Waals surface area contributed by atoms with E-state index in [4.69, 9.17) is 18.6 Å². The molecular weight excluding hydrogens is 657 g/mol. The second-order valence-corrected chi connectivity index (χ2v) is 15.5. The lowest BCUT2D eigenvalue weighted by molar-refractivity contribution is -0.142. The molecule has 0 unspecified atom stereocenters. The van der Waals surface area contributed by atoms with E-state index in [9.17, 15) is 23.6 Å². The summed E-state index contributed by atoms with van der Waals surface area (Å²) in [6.45, 7) is 5.99. The van der Waals surface area contributed by atoms with Crippen LogP contribution in [-0.2, 0) is 23.8 Å². The Kier molecular flexibility index (Phi) is 13.4. The molecule has 2 aliphatic carbocycles. The zero-order chi connectivity index (χ0) is 36.5. The number of nitrogens with zero attached hydrogens (tertiary/aromatic N) is 1. The Morgan fingerprint density at radius 1 is 0.961 bits per heavy atom. The van der Waals surface area contributed by atoms with E-state index >= 15 is 0 Å². The van der Waals surface area contributed by atoms with Crippen LogP contribution in [0.3, 0.4) is 0 Å². The zero-order valence-electron chi connectivity index (χ0n) is 30.7. The van der Waals surface area contributed by atoms with Crippen LogP contribution in [0.25, 0.3) is 11.0 Å². The van der Waals surface area contributed by atoms with Gasteiger partial charge in [0.05, 0.1) is 12.6 Å². The Hall–Kier alpha value is -3.67. The van der Waals surface area contributed by atoms with Gasteiger partial charge in [0.15, 0.2) is 0 Å². The number of anilines is 1. The standard InChI is InChI=1S/C39H56FN3O8/c1-39(2,3)51-38(47)42-31(24-40)26-12-14-27(15-13-26)36(45)43-19-18-30(25-10-6-5-7-11-25)34(43)35(44)41-29-16-17-32-28(22-29)23-33(50-32)37(46)49-21-9-8-20-48-4/h16-17,22-23,25-27,30-31,34H,5-15,18-21,24H2,1-4H3,(H,41,44)(H,42,47)/t26-,27-,30-,31+,34-/m0/s1. The molecule has 2 N–H and O–H groups in total. The third-order valence-electron chi connectivity index (χ3n) is 10.8. The average molecular weight is 714 g/mol. The number of fused-ring (bicyclic) bond motifs is 1. The van der Waals surface area contributed by atoms with E-state index < -0.39 is 36.4 Å². The molecule has 51 heavy (non-hydrogen) atoms. The number of furan rings is 1. The van der Waals surface area contributed by atoms with Crippen LogP contribution in [0.1, 0.15) is 108 Å². The molecule has 0 bridgehead atoms. The summed E-state index contributed by atoms with van der Waals surface area (Å²) in [6.07, 6.45) is 9.56. The van der Waals surface area contributed by atoms with Gasteiger partial charge in [-0.15, -0.1) is 0 Å². The minimum atomic E-state index is -0.703. The first-order chi connectivity index (χ1) is 24.5. The smallest absolute Gasteiger partial charge is 0.407 e. The van der Waals surface area contributed by atoms with Crippen molar-refractivity contribution in [2.45, 2.75) is 116 Å². The Morgan fingerprint density at radius 3 is 2.37 bits per heavy atom. The third-order valence-corrected chi connectivity index (χ3v) is 10.8. The summed E-state index contributed by atoms with van der Waals surface area (Å²) in [6, 6.07) is 5.60. The number of unbranched alkanes of at least 4 members (excludes halogenated alkanes) is 1. The molecule has 12 heteroatoms. The van der Waals surface area contributed by atoms with Crippen molar-refractivity contribution >= 4 is 40.5 Å². The van der Waals surface area contributed by atoms with Crippen molar-refractivity contribution in [1.29, 1.82) is 0 Å². The van der Waals surface area contributed by atoms with Crippen LogP contribution >= 0.6 is 0 Å². The van der Waals surface area contributed by atoms with Gasteiger partial charge in [-0.3, -0.25) is 9.59 Å². The summed E-state index contributed by atoms with van der Waals surface area (Å²) < 4.78 is 35.5. The van der Waals surface area contributed by atoms with Gasteiger partial charge in [-0.1, -0.05) is 32.1 Å². The lowest BCUT2D eigenvalue weighted by Crippen LogP contribution is -2.50. The number of likely N-dealkylation sites (tertiary alicyclic amines) is 1. The lowest BCUT2D eigenvalue weighted by Gasteiger charge is -2.37.